The molecule has 0 fully saturated rings. The Morgan fingerprint density at radius 3 is 2.83 bits per heavy atom. The van der Waals surface area contributed by atoms with E-state index in [0.717, 1.165) is 11.3 Å². The van der Waals surface area contributed by atoms with Crippen LogP contribution in [0.25, 0.3) is 11.0 Å². The number of allylic oxidation sites excluding steroid dienone is 3. The molecule has 0 saturated heterocycles. The number of H-pyrrole nitrogens is 1. The summed E-state index contributed by atoms with van der Waals surface area (Å²) in [6.45, 7) is 3.45. The quantitative estimate of drug-likeness (QED) is 0.675. The monoisotopic (exact) mass is 328 g/mol. The first kappa shape index (κ1) is 16.0. The lowest BCUT2D eigenvalue weighted by Gasteiger charge is -2.14. The van der Waals surface area contributed by atoms with Crippen LogP contribution < -0.4 is 0 Å². The summed E-state index contributed by atoms with van der Waals surface area (Å²) < 4.78 is 13.6. The predicted octanol–water partition coefficient (Wildman–Crippen LogP) is 3.15. The van der Waals surface area contributed by atoms with Crippen LogP contribution >= 0.6 is 0 Å². The minimum Gasteiger partial charge on any atom is -0.274 e. The van der Waals surface area contributed by atoms with Crippen molar-refractivity contribution in [2.24, 2.45) is 0 Å². The third-order valence-corrected chi connectivity index (χ3v) is 4.02. The number of pyridine rings is 1. The molecule has 0 radical (unpaired) electrons. The average molecular weight is 328 g/mol. The van der Waals surface area contributed by atoms with Gasteiger partial charge in [0.1, 0.15) is 5.83 Å². The summed E-state index contributed by atoms with van der Waals surface area (Å²) in [7, 11) is 0. The third-order valence-electron chi connectivity index (χ3n) is 4.02. The topological polar surface area (TPSA) is 79.0 Å². The number of hydrogen-bond donors (Lipinski definition) is 1. The highest BCUT2D eigenvalue weighted by atomic mass is 19.1. The van der Waals surface area contributed by atoms with Gasteiger partial charge in [0.05, 0.1) is 22.7 Å². The van der Waals surface area contributed by atoms with E-state index in [-0.39, 0.29) is 30.3 Å². The zero-order valence-electron chi connectivity index (χ0n) is 13.5. The van der Waals surface area contributed by atoms with Crippen LogP contribution in [0.5, 0.6) is 0 Å². The summed E-state index contributed by atoms with van der Waals surface area (Å²) in [5, 5.41) is 7.06. The Hall–Kier alpha value is -2.83. The predicted molar refractivity (Wildman–Crippen MR) is 87.1 cm³/mol. The highest BCUT2D eigenvalue weighted by molar-refractivity contribution is 6.25. The molecule has 0 aromatic carbocycles. The number of carbonyl (C=O) groups is 2. The van der Waals surface area contributed by atoms with Crippen LogP contribution in [-0.2, 0) is 0 Å². The van der Waals surface area contributed by atoms with Gasteiger partial charge in [0.2, 0.25) is 0 Å². The molecule has 0 spiro atoms. The maximum atomic E-state index is 13.6. The lowest BCUT2D eigenvalue weighted by molar-refractivity contribution is 0.0656. The maximum Gasteiger partial charge on any atom is 0.263 e. The summed E-state index contributed by atoms with van der Waals surface area (Å²) in [4.78, 5) is 30.3. The van der Waals surface area contributed by atoms with Crippen LogP contribution in [0.4, 0.5) is 4.39 Å². The number of amides is 2. The zero-order chi connectivity index (χ0) is 17.3. The Morgan fingerprint density at radius 1 is 1.33 bits per heavy atom. The first-order chi connectivity index (χ1) is 11.5. The number of carbonyl (C=O) groups excluding carboxylic acids is 2. The Balaban J connectivity index is 1.86. The van der Waals surface area contributed by atoms with Crippen LogP contribution in [-0.4, -0.2) is 38.4 Å². The number of aromatic nitrogens is 3. The largest absolute Gasteiger partial charge is 0.274 e. The van der Waals surface area contributed by atoms with Crippen molar-refractivity contribution in [2.75, 3.05) is 6.54 Å². The lowest BCUT2D eigenvalue weighted by Crippen LogP contribution is -2.31. The van der Waals surface area contributed by atoms with E-state index in [4.69, 9.17) is 0 Å². The molecule has 124 valence electrons. The number of nitrogens with one attached hydrogen (secondary N) is 1. The van der Waals surface area contributed by atoms with E-state index in [2.05, 4.69) is 15.2 Å². The second kappa shape index (κ2) is 6.35. The summed E-state index contributed by atoms with van der Waals surface area (Å²) >= 11 is 0. The number of nitrogens with zero attached hydrogens (tertiary/aromatic N) is 3. The average Bonchev–Trinajstić information content (AvgIpc) is 3.12. The van der Waals surface area contributed by atoms with Gasteiger partial charge in [-0.2, -0.15) is 5.10 Å². The molecule has 2 amide bonds. The molecule has 0 unspecified atom stereocenters. The van der Waals surface area contributed by atoms with Crippen LogP contribution in [0.1, 0.15) is 47.4 Å². The number of halogens is 1. The van der Waals surface area contributed by atoms with E-state index in [1.807, 2.05) is 13.0 Å². The summed E-state index contributed by atoms with van der Waals surface area (Å²) in [6, 6.07) is 0. The van der Waals surface area contributed by atoms with Crippen molar-refractivity contribution in [3.05, 3.63) is 47.1 Å². The summed E-state index contributed by atoms with van der Waals surface area (Å²) in [6.07, 6.45) is 7.46. The van der Waals surface area contributed by atoms with Gasteiger partial charge < -0.3 is 0 Å². The van der Waals surface area contributed by atoms with Crippen molar-refractivity contribution in [3.63, 3.8) is 0 Å². The third kappa shape index (κ3) is 2.62. The molecule has 3 rings (SSSR count). The van der Waals surface area contributed by atoms with E-state index in [0.29, 0.717) is 22.2 Å². The van der Waals surface area contributed by atoms with Gasteiger partial charge in [-0.3, -0.25) is 19.6 Å². The number of hydrogen-bond acceptors (Lipinski definition) is 4. The fourth-order valence-corrected chi connectivity index (χ4v) is 2.73. The van der Waals surface area contributed by atoms with Gasteiger partial charge in [-0.25, -0.2) is 9.37 Å². The smallest absolute Gasteiger partial charge is 0.263 e. The molecule has 1 aliphatic rings. The molecule has 1 aliphatic heterocycles. The zero-order valence-corrected chi connectivity index (χ0v) is 13.5. The molecule has 0 bridgehead atoms. The van der Waals surface area contributed by atoms with Crippen molar-refractivity contribution in [1.29, 1.82) is 0 Å². The van der Waals surface area contributed by atoms with Crippen LogP contribution in [0, 0.1) is 0 Å². The summed E-state index contributed by atoms with van der Waals surface area (Å²) in [5.74, 6) is -1.10. The van der Waals surface area contributed by atoms with Crippen LogP contribution in [0.15, 0.2) is 35.9 Å². The fraction of sp³-hybridized carbons (Fsp3) is 0.294. The Bertz CT molecular complexity index is 878. The number of imide groups is 1. The Kier molecular flexibility index (Phi) is 4.24. The Labute approximate surface area is 138 Å². The van der Waals surface area contributed by atoms with Gasteiger partial charge in [-0.05, 0) is 25.3 Å². The van der Waals surface area contributed by atoms with Gasteiger partial charge >= 0.3 is 0 Å². The molecule has 0 aliphatic carbocycles. The minimum atomic E-state index is -0.402. The van der Waals surface area contributed by atoms with Crippen molar-refractivity contribution in [2.45, 2.75) is 26.7 Å². The molecule has 2 aromatic heterocycles. The normalized spacial score (nSPS) is 15.5. The van der Waals surface area contributed by atoms with E-state index < -0.39 is 5.91 Å². The minimum absolute atomic E-state index is 0.121. The molecular formula is C17H17FN4O2. The van der Waals surface area contributed by atoms with Crippen LogP contribution in [0.3, 0.4) is 0 Å². The highest BCUT2D eigenvalue weighted by Gasteiger charge is 2.37. The first-order valence-electron chi connectivity index (χ1n) is 7.74. The van der Waals surface area contributed by atoms with Gasteiger partial charge in [-0.1, -0.05) is 19.1 Å². The van der Waals surface area contributed by atoms with E-state index >= 15 is 0 Å². The molecule has 2 aromatic rings. The number of rotatable bonds is 5. The molecule has 3 heterocycles. The second-order valence-electron chi connectivity index (χ2n) is 5.56. The SMILES string of the molecule is CC/C=C\C(CCN1C(=O)c2cnc3[nH]ncc3c2C1=O)=C(/C)F. The maximum absolute atomic E-state index is 13.6. The highest BCUT2D eigenvalue weighted by Crippen LogP contribution is 2.28. The number of aromatic amines is 1. The van der Waals surface area contributed by atoms with Gasteiger partial charge in [-0.15, -0.1) is 0 Å². The van der Waals surface area contributed by atoms with E-state index in [1.54, 1.807) is 6.08 Å². The van der Waals surface area contributed by atoms with E-state index in [1.165, 1.54) is 19.3 Å². The van der Waals surface area contributed by atoms with Gasteiger partial charge in [0.25, 0.3) is 11.8 Å². The second-order valence-corrected chi connectivity index (χ2v) is 5.56. The molecule has 0 atom stereocenters. The Morgan fingerprint density at radius 2 is 2.12 bits per heavy atom. The lowest BCUT2D eigenvalue weighted by atomic mass is 10.1. The summed E-state index contributed by atoms with van der Waals surface area (Å²) in [5.41, 5.74) is 1.52. The fourth-order valence-electron chi connectivity index (χ4n) is 2.73. The van der Waals surface area contributed by atoms with Crippen molar-refractivity contribution in [3.8, 4) is 0 Å². The molecular weight excluding hydrogens is 311 g/mol. The van der Waals surface area contributed by atoms with Gasteiger partial charge in [0.15, 0.2) is 5.65 Å². The van der Waals surface area contributed by atoms with Crippen molar-refractivity contribution in [1.82, 2.24) is 20.1 Å². The van der Waals surface area contributed by atoms with E-state index in [9.17, 15) is 14.0 Å². The molecule has 0 saturated carbocycles. The molecule has 7 heteroatoms. The van der Waals surface area contributed by atoms with Gasteiger partial charge in [0, 0.05) is 12.7 Å². The van der Waals surface area contributed by atoms with Crippen LogP contribution in [0.2, 0.25) is 0 Å². The van der Waals surface area contributed by atoms with Crippen molar-refractivity contribution >= 4 is 22.8 Å². The molecule has 6 nitrogen and oxygen atoms in total. The standard InChI is InChI=1S/C17H17FN4O2/c1-3-4-5-11(10(2)18)6-7-22-16(23)13-8-19-15-12(9-20-21-15)14(13)17(22)24/h4-5,8-9H,3,6-7H2,1-2H3,(H,19,20,21)/b5-4-,11-10-. The first-order valence-corrected chi connectivity index (χ1v) is 7.74. The molecule has 24 heavy (non-hydrogen) atoms. The van der Waals surface area contributed by atoms with Crippen molar-refractivity contribution < 1.29 is 14.0 Å². The number of fused-ring (bicyclic) bond motifs is 3. The molecule has 1 N–H and O–H groups in total.